The average Bonchev–Trinajstić information content (AvgIpc) is 3.69. The van der Waals surface area contributed by atoms with E-state index in [4.69, 9.17) is 4.74 Å². The number of rotatable bonds is 6. The van der Waals surface area contributed by atoms with Crippen molar-refractivity contribution in [1.29, 1.82) is 0 Å². The number of hydrogen-bond donors (Lipinski definition) is 0. The highest BCUT2D eigenvalue weighted by molar-refractivity contribution is 5.56. The number of benzene rings is 2. The lowest BCUT2D eigenvalue weighted by Crippen LogP contribution is -2.45. The van der Waals surface area contributed by atoms with Crippen molar-refractivity contribution >= 4 is 5.69 Å². The third-order valence-electron chi connectivity index (χ3n) is 7.05. The lowest BCUT2D eigenvalue weighted by Gasteiger charge is -2.41. The highest BCUT2D eigenvalue weighted by atomic mass is 19.2. The highest BCUT2D eigenvalue weighted by Gasteiger charge is 2.41. The number of ether oxygens (including phenoxy) is 1. The summed E-state index contributed by atoms with van der Waals surface area (Å²) in [6, 6.07) is 7.20. The van der Waals surface area contributed by atoms with Gasteiger partial charge < -0.3 is 9.64 Å². The molecule has 2 fully saturated rings. The summed E-state index contributed by atoms with van der Waals surface area (Å²) >= 11 is 0. The van der Waals surface area contributed by atoms with Crippen molar-refractivity contribution in [3.8, 4) is 17.4 Å². The zero-order chi connectivity index (χ0) is 25.7. The first kappa shape index (κ1) is 23.3. The van der Waals surface area contributed by atoms with Gasteiger partial charge in [0.15, 0.2) is 34.8 Å². The second-order valence-corrected chi connectivity index (χ2v) is 9.32. The van der Waals surface area contributed by atoms with Gasteiger partial charge in [-0.2, -0.15) is 4.39 Å². The van der Waals surface area contributed by atoms with Gasteiger partial charge in [-0.3, -0.25) is 0 Å². The number of anilines is 1. The van der Waals surface area contributed by atoms with Crippen LogP contribution in [0.3, 0.4) is 0 Å². The SMILES string of the molecule is COc1cc(C2CN(c3cc([C@H]4C[C@H]4c4cnc(-c5ncccn5)nc4)cc(F)c3F)C2)cc(F)c1F. The predicted octanol–water partition coefficient (Wildman–Crippen LogP) is 5.37. The molecule has 2 aliphatic rings. The molecule has 0 amide bonds. The Morgan fingerprint density at radius 2 is 1.38 bits per heavy atom. The van der Waals surface area contributed by atoms with Gasteiger partial charge in [-0.15, -0.1) is 0 Å². The first-order valence-corrected chi connectivity index (χ1v) is 11.8. The minimum atomic E-state index is -1.05. The summed E-state index contributed by atoms with van der Waals surface area (Å²) in [7, 11) is 1.27. The van der Waals surface area contributed by atoms with E-state index in [1.807, 2.05) is 0 Å². The Morgan fingerprint density at radius 1 is 0.757 bits per heavy atom. The average molecular weight is 507 g/mol. The molecule has 0 spiro atoms. The fourth-order valence-corrected chi connectivity index (χ4v) is 4.88. The van der Waals surface area contributed by atoms with Gasteiger partial charge in [0, 0.05) is 43.8 Å². The van der Waals surface area contributed by atoms with Gasteiger partial charge in [0.2, 0.25) is 5.82 Å². The van der Waals surface area contributed by atoms with Crippen molar-refractivity contribution in [2.45, 2.75) is 24.2 Å². The fourth-order valence-electron chi connectivity index (χ4n) is 4.88. The first-order valence-electron chi connectivity index (χ1n) is 11.8. The summed E-state index contributed by atoms with van der Waals surface area (Å²) in [5.74, 6) is -3.25. The van der Waals surface area contributed by atoms with Crippen molar-refractivity contribution in [1.82, 2.24) is 19.9 Å². The topological polar surface area (TPSA) is 64.0 Å². The van der Waals surface area contributed by atoms with Crippen LogP contribution in [0, 0.1) is 23.3 Å². The van der Waals surface area contributed by atoms with Crippen LogP contribution in [0.25, 0.3) is 11.6 Å². The van der Waals surface area contributed by atoms with E-state index in [0.29, 0.717) is 35.9 Å². The highest BCUT2D eigenvalue weighted by Crippen LogP contribution is 2.55. The van der Waals surface area contributed by atoms with Crippen LogP contribution in [-0.4, -0.2) is 40.1 Å². The zero-order valence-electron chi connectivity index (χ0n) is 19.7. The summed E-state index contributed by atoms with van der Waals surface area (Å²) in [5.41, 5.74) is 2.33. The summed E-state index contributed by atoms with van der Waals surface area (Å²) < 4.78 is 61.9. The van der Waals surface area contributed by atoms with Crippen molar-refractivity contribution < 1.29 is 22.3 Å². The molecule has 4 aromatic rings. The van der Waals surface area contributed by atoms with E-state index in [-0.39, 0.29) is 29.2 Å². The standard InChI is InChI=1S/C27H21F4N5O/c1-37-23-8-14(5-21(29)25(23)31)17-12-36(13-17)22-7-15(6-20(28)24(22)30)18-9-19(18)16-10-34-27(35-11-16)26-32-3-2-4-33-26/h2-8,10-11,17-19H,9,12-13H2,1H3/t18-,19+/m1/s1. The van der Waals surface area contributed by atoms with Crippen LogP contribution >= 0.6 is 0 Å². The van der Waals surface area contributed by atoms with Crippen LogP contribution in [0.5, 0.6) is 5.75 Å². The molecule has 2 atom stereocenters. The van der Waals surface area contributed by atoms with E-state index in [1.54, 1.807) is 41.8 Å². The molecule has 188 valence electrons. The van der Waals surface area contributed by atoms with Gasteiger partial charge in [-0.25, -0.2) is 33.1 Å². The summed E-state index contributed by atoms with van der Waals surface area (Å²) in [4.78, 5) is 18.7. The maximum absolute atomic E-state index is 14.7. The quantitative estimate of drug-likeness (QED) is 0.327. The van der Waals surface area contributed by atoms with Crippen molar-refractivity contribution in [3.05, 3.63) is 95.1 Å². The van der Waals surface area contributed by atoms with E-state index >= 15 is 0 Å². The van der Waals surface area contributed by atoms with Gasteiger partial charge in [-0.1, -0.05) is 0 Å². The molecule has 6 nitrogen and oxygen atoms in total. The number of nitrogens with zero attached hydrogens (tertiary/aromatic N) is 5. The molecule has 1 saturated heterocycles. The Kier molecular flexibility index (Phi) is 5.73. The Morgan fingerprint density at radius 3 is 2.08 bits per heavy atom. The molecule has 10 heteroatoms. The Labute approximate surface area is 210 Å². The van der Waals surface area contributed by atoms with E-state index in [2.05, 4.69) is 19.9 Å². The van der Waals surface area contributed by atoms with Gasteiger partial charge in [0.25, 0.3) is 0 Å². The molecule has 0 unspecified atom stereocenters. The van der Waals surface area contributed by atoms with Crippen molar-refractivity contribution in [2.75, 3.05) is 25.1 Å². The summed E-state index contributed by atoms with van der Waals surface area (Å²) in [6.45, 7) is 0.692. The largest absolute Gasteiger partial charge is 0.494 e. The van der Waals surface area contributed by atoms with Crippen LogP contribution in [0.1, 0.15) is 40.9 Å². The molecule has 2 aromatic carbocycles. The van der Waals surface area contributed by atoms with Crippen LogP contribution in [0.4, 0.5) is 23.2 Å². The molecule has 1 aliphatic heterocycles. The number of halogens is 4. The monoisotopic (exact) mass is 507 g/mol. The van der Waals surface area contributed by atoms with Crippen LogP contribution < -0.4 is 9.64 Å². The molecule has 0 bridgehead atoms. The van der Waals surface area contributed by atoms with E-state index in [9.17, 15) is 17.6 Å². The van der Waals surface area contributed by atoms with Gasteiger partial charge in [0.05, 0.1) is 12.8 Å². The third kappa shape index (κ3) is 4.26. The minimum Gasteiger partial charge on any atom is -0.494 e. The molecule has 3 heterocycles. The van der Waals surface area contributed by atoms with E-state index < -0.39 is 23.3 Å². The second-order valence-electron chi connectivity index (χ2n) is 9.32. The zero-order valence-corrected chi connectivity index (χ0v) is 19.7. The number of aromatic nitrogens is 4. The van der Waals surface area contributed by atoms with E-state index in [1.165, 1.54) is 19.2 Å². The molecule has 1 aliphatic carbocycles. The Bertz CT molecular complexity index is 1460. The molecule has 37 heavy (non-hydrogen) atoms. The minimum absolute atomic E-state index is 0.0174. The predicted molar refractivity (Wildman–Crippen MR) is 127 cm³/mol. The normalized spacial score (nSPS) is 19.0. The third-order valence-corrected chi connectivity index (χ3v) is 7.05. The van der Waals surface area contributed by atoms with Gasteiger partial charge in [-0.05, 0) is 65.3 Å². The van der Waals surface area contributed by atoms with Crippen LogP contribution in [-0.2, 0) is 0 Å². The van der Waals surface area contributed by atoms with Crippen molar-refractivity contribution in [3.63, 3.8) is 0 Å². The maximum atomic E-state index is 14.7. The number of methoxy groups -OCH3 is 1. The maximum Gasteiger partial charge on any atom is 0.200 e. The molecule has 2 aromatic heterocycles. The number of hydrogen-bond acceptors (Lipinski definition) is 6. The Balaban J connectivity index is 1.17. The van der Waals surface area contributed by atoms with Gasteiger partial charge in [0.1, 0.15) is 0 Å². The molecule has 1 saturated carbocycles. The molecule has 0 radical (unpaired) electrons. The fraction of sp³-hybridized carbons (Fsp3) is 0.259. The Hall–Kier alpha value is -4.08. The van der Waals surface area contributed by atoms with Crippen LogP contribution in [0.2, 0.25) is 0 Å². The van der Waals surface area contributed by atoms with Crippen molar-refractivity contribution in [2.24, 2.45) is 0 Å². The smallest absolute Gasteiger partial charge is 0.200 e. The molecule has 0 N–H and O–H groups in total. The summed E-state index contributed by atoms with van der Waals surface area (Å²) in [5, 5.41) is 0. The molecular formula is C27H21F4N5O. The molecular weight excluding hydrogens is 486 g/mol. The second kappa shape index (κ2) is 9.10. The molecule has 6 rings (SSSR count). The lowest BCUT2D eigenvalue weighted by molar-refractivity contribution is 0.369. The first-order chi connectivity index (χ1) is 17.9. The van der Waals surface area contributed by atoms with Gasteiger partial charge >= 0.3 is 0 Å². The van der Waals surface area contributed by atoms with E-state index in [0.717, 1.165) is 18.1 Å². The lowest BCUT2D eigenvalue weighted by atomic mass is 9.90. The van der Waals surface area contributed by atoms with Crippen LogP contribution in [0.15, 0.2) is 55.1 Å². The summed E-state index contributed by atoms with van der Waals surface area (Å²) in [6.07, 6.45) is 7.45.